The molecule has 0 fully saturated rings. The molecule has 0 saturated heterocycles. The lowest BCUT2D eigenvalue weighted by molar-refractivity contribution is 0.292. The topological polar surface area (TPSA) is 9.23 Å². The molecule has 0 N–H and O–H groups in total. The van der Waals surface area contributed by atoms with Crippen molar-refractivity contribution in [1.82, 2.24) is 0 Å². The highest BCUT2D eigenvalue weighted by Gasteiger charge is 2.36. The van der Waals surface area contributed by atoms with E-state index in [4.69, 9.17) is 4.43 Å². The molecule has 0 unspecified atom stereocenters. The van der Waals surface area contributed by atoms with Crippen LogP contribution in [0.2, 0.25) is 18.1 Å². The Labute approximate surface area is 105 Å². The molecule has 0 saturated carbocycles. The molecule has 17 heavy (non-hydrogen) atoms. The maximum absolute atomic E-state index is 12.9. The highest BCUT2D eigenvalue weighted by atomic mass is 28.4. The Morgan fingerprint density at radius 1 is 1.29 bits per heavy atom. The van der Waals surface area contributed by atoms with E-state index in [2.05, 4.69) is 39.9 Å². The van der Waals surface area contributed by atoms with Crippen LogP contribution in [0.15, 0.2) is 18.2 Å². The number of hydrogen-bond donors (Lipinski definition) is 0. The van der Waals surface area contributed by atoms with Crippen LogP contribution in [0.1, 0.15) is 26.3 Å². The zero-order valence-electron chi connectivity index (χ0n) is 11.4. The molecule has 0 amide bonds. The quantitative estimate of drug-likeness (QED) is 0.731. The van der Waals surface area contributed by atoms with E-state index < -0.39 is 8.32 Å². The lowest BCUT2D eigenvalue weighted by Crippen LogP contribution is -2.41. The van der Waals surface area contributed by atoms with Crippen LogP contribution in [0.3, 0.4) is 0 Å². The van der Waals surface area contributed by atoms with Crippen LogP contribution in [-0.4, -0.2) is 14.9 Å². The van der Waals surface area contributed by atoms with Crippen LogP contribution in [0.25, 0.3) is 0 Å². The van der Waals surface area contributed by atoms with Crippen molar-refractivity contribution in [3.63, 3.8) is 0 Å². The summed E-state index contributed by atoms with van der Waals surface area (Å²) in [6.45, 7) is 11.7. The van der Waals surface area contributed by atoms with Gasteiger partial charge in [-0.1, -0.05) is 32.9 Å². The first kappa shape index (κ1) is 14.4. The molecule has 1 rings (SSSR count). The van der Waals surface area contributed by atoms with E-state index in [1.54, 1.807) is 6.07 Å². The van der Waals surface area contributed by atoms with Crippen LogP contribution < -0.4 is 0 Å². The molecular weight excluding hydrogens is 231 g/mol. The molecule has 0 aliphatic carbocycles. The van der Waals surface area contributed by atoms with E-state index in [1.807, 2.05) is 6.07 Å². The van der Waals surface area contributed by atoms with E-state index in [0.29, 0.717) is 6.61 Å². The predicted molar refractivity (Wildman–Crippen MR) is 72.1 cm³/mol. The van der Waals surface area contributed by atoms with Crippen molar-refractivity contribution in [2.24, 2.45) is 0 Å². The van der Waals surface area contributed by atoms with Crippen molar-refractivity contribution in [3.05, 3.63) is 35.6 Å². The highest BCUT2D eigenvalue weighted by molar-refractivity contribution is 6.74. The summed E-state index contributed by atoms with van der Waals surface area (Å²) in [4.78, 5) is 0. The minimum atomic E-state index is -1.68. The maximum Gasteiger partial charge on any atom is 0.191 e. The van der Waals surface area contributed by atoms with Crippen molar-refractivity contribution < 1.29 is 8.82 Å². The van der Waals surface area contributed by atoms with Crippen LogP contribution >= 0.6 is 0 Å². The fourth-order valence-electron chi connectivity index (χ4n) is 1.26. The summed E-state index contributed by atoms with van der Waals surface area (Å²) in [6, 6.07) is 7.72. The first-order chi connectivity index (χ1) is 7.72. The van der Waals surface area contributed by atoms with E-state index in [-0.39, 0.29) is 10.9 Å². The summed E-state index contributed by atoms with van der Waals surface area (Å²) in [6.07, 6.45) is 0.726. The molecule has 95 valence electrons. The van der Waals surface area contributed by atoms with Gasteiger partial charge in [0.25, 0.3) is 0 Å². The number of hydrogen-bond acceptors (Lipinski definition) is 1. The average Bonchev–Trinajstić information content (AvgIpc) is 2.15. The van der Waals surface area contributed by atoms with E-state index >= 15 is 0 Å². The van der Waals surface area contributed by atoms with Gasteiger partial charge in [0.2, 0.25) is 0 Å². The molecule has 1 aromatic rings. The van der Waals surface area contributed by atoms with Gasteiger partial charge in [0, 0.05) is 12.7 Å². The molecule has 0 heterocycles. The van der Waals surface area contributed by atoms with Gasteiger partial charge >= 0.3 is 0 Å². The summed E-state index contributed by atoms with van der Waals surface area (Å²) in [5, 5.41) is 0.221. The average molecular weight is 253 g/mol. The maximum atomic E-state index is 12.9. The largest absolute Gasteiger partial charge is 0.416 e. The Bertz CT molecular complexity index is 369. The monoisotopic (exact) mass is 253 g/mol. The van der Waals surface area contributed by atoms with Crippen molar-refractivity contribution in [3.8, 4) is 0 Å². The van der Waals surface area contributed by atoms with Crippen LogP contribution in [0.4, 0.5) is 4.39 Å². The Morgan fingerprint density at radius 2 is 1.94 bits per heavy atom. The van der Waals surface area contributed by atoms with E-state index in [0.717, 1.165) is 12.0 Å². The van der Waals surface area contributed by atoms with E-state index in [9.17, 15) is 4.39 Å². The van der Waals surface area contributed by atoms with Crippen molar-refractivity contribution in [2.75, 3.05) is 6.61 Å². The molecular formula is C14H22FOSi. The van der Waals surface area contributed by atoms with Crippen molar-refractivity contribution in [2.45, 2.75) is 45.3 Å². The zero-order valence-corrected chi connectivity index (χ0v) is 12.4. The highest BCUT2D eigenvalue weighted by Crippen LogP contribution is 2.36. The Balaban J connectivity index is 2.48. The fraction of sp³-hybridized carbons (Fsp3) is 0.571. The van der Waals surface area contributed by atoms with Crippen molar-refractivity contribution in [1.29, 1.82) is 0 Å². The molecule has 1 nitrogen and oxygen atoms in total. The minimum Gasteiger partial charge on any atom is -0.416 e. The number of rotatable bonds is 4. The van der Waals surface area contributed by atoms with Crippen LogP contribution in [0.5, 0.6) is 0 Å². The predicted octanol–water partition coefficient (Wildman–Crippen LogP) is 4.19. The van der Waals surface area contributed by atoms with Gasteiger partial charge in [0.05, 0.1) is 0 Å². The third-order valence-electron chi connectivity index (χ3n) is 3.46. The zero-order chi connectivity index (χ0) is 13.1. The molecule has 1 radical (unpaired) electrons. The van der Waals surface area contributed by atoms with Gasteiger partial charge in [-0.25, -0.2) is 4.39 Å². The Morgan fingerprint density at radius 3 is 2.47 bits per heavy atom. The third-order valence-corrected chi connectivity index (χ3v) is 8.00. The lowest BCUT2D eigenvalue weighted by Gasteiger charge is -2.36. The SMILES string of the molecule is CC(C)(C)[Si](C)(C)OCCc1[c]c(F)ccc1. The Hall–Kier alpha value is -0.673. The molecule has 0 bridgehead atoms. The standard InChI is InChI=1S/C14H22FOSi/c1-14(2,3)17(4,5)16-10-9-12-7-6-8-13(15)11-12/h6-8H,9-10H2,1-5H3. The summed E-state index contributed by atoms with van der Waals surface area (Å²) in [5.74, 6) is -0.296. The number of benzene rings is 1. The summed E-state index contributed by atoms with van der Waals surface area (Å²) >= 11 is 0. The molecule has 1 aromatic carbocycles. The second kappa shape index (κ2) is 5.32. The first-order valence-electron chi connectivity index (χ1n) is 6.03. The van der Waals surface area contributed by atoms with Gasteiger partial charge in [0.1, 0.15) is 5.82 Å². The minimum absolute atomic E-state index is 0.221. The summed E-state index contributed by atoms with van der Waals surface area (Å²) in [5.41, 5.74) is 0.878. The summed E-state index contributed by atoms with van der Waals surface area (Å²) in [7, 11) is -1.68. The smallest absolute Gasteiger partial charge is 0.191 e. The molecule has 3 heteroatoms. The van der Waals surface area contributed by atoms with E-state index in [1.165, 1.54) is 6.07 Å². The van der Waals surface area contributed by atoms with Crippen LogP contribution in [0, 0.1) is 11.9 Å². The third kappa shape index (κ3) is 4.24. The van der Waals surface area contributed by atoms with Gasteiger partial charge in [-0.15, -0.1) is 0 Å². The molecule has 0 aromatic heterocycles. The summed E-state index contributed by atoms with van der Waals surface area (Å²) < 4.78 is 19.0. The molecule has 0 spiro atoms. The van der Waals surface area contributed by atoms with Gasteiger partial charge in [-0.3, -0.25) is 0 Å². The second-order valence-corrected chi connectivity index (χ2v) is 10.7. The van der Waals surface area contributed by atoms with Crippen molar-refractivity contribution >= 4 is 8.32 Å². The normalized spacial score (nSPS) is 12.8. The van der Waals surface area contributed by atoms with Gasteiger partial charge in [-0.05, 0) is 36.2 Å². The molecule has 0 aliphatic rings. The fourth-order valence-corrected chi connectivity index (χ4v) is 2.31. The van der Waals surface area contributed by atoms with Crippen LogP contribution in [-0.2, 0) is 10.8 Å². The molecule has 0 atom stereocenters. The molecule has 0 aliphatic heterocycles. The number of halogens is 1. The Kier molecular flexibility index (Phi) is 4.50. The lowest BCUT2D eigenvalue weighted by atomic mass is 10.2. The van der Waals surface area contributed by atoms with Gasteiger partial charge in [-0.2, -0.15) is 0 Å². The van der Waals surface area contributed by atoms with Gasteiger partial charge < -0.3 is 4.43 Å². The first-order valence-corrected chi connectivity index (χ1v) is 8.94. The second-order valence-electron chi connectivity index (χ2n) is 5.88. The van der Waals surface area contributed by atoms with Gasteiger partial charge in [0.15, 0.2) is 8.32 Å².